The van der Waals surface area contributed by atoms with Gasteiger partial charge in [-0.25, -0.2) is 4.39 Å². The third kappa shape index (κ3) is 3.22. The van der Waals surface area contributed by atoms with Crippen LogP contribution in [0.25, 0.3) is 0 Å². The summed E-state index contributed by atoms with van der Waals surface area (Å²) in [7, 11) is 0. The molecule has 108 valence electrons. The topological polar surface area (TPSA) is 57.6 Å². The first kappa shape index (κ1) is 15.1. The second kappa shape index (κ2) is 5.97. The minimum atomic E-state index is -0.889. The van der Waals surface area contributed by atoms with Crippen LogP contribution in [0.5, 0.6) is 0 Å². The van der Waals surface area contributed by atoms with E-state index in [9.17, 15) is 14.0 Å². The van der Waals surface area contributed by atoms with Crippen molar-refractivity contribution in [2.75, 3.05) is 13.1 Å². The molecule has 1 aromatic carbocycles. The minimum Gasteiger partial charge on any atom is -0.481 e. The first-order valence-electron chi connectivity index (χ1n) is 6.04. The van der Waals surface area contributed by atoms with E-state index in [4.69, 9.17) is 28.3 Å². The van der Waals surface area contributed by atoms with Gasteiger partial charge in [0.25, 0.3) is 5.91 Å². The molecule has 7 heteroatoms. The van der Waals surface area contributed by atoms with Crippen LogP contribution < -0.4 is 0 Å². The third-order valence-corrected chi connectivity index (χ3v) is 3.88. The molecule has 1 saturated heterocycles. The Bertz CT molecular complexity index is 565. The molecule has 1 N–H and O–H groups in total. The number of likely N-dealkylation sites (tertiary alicyclic amines) is 1. The zero-order valence-corrected chi connectivity index (χ0v) is 11.9. The molecule has 0 saturated carbocycles. The molecule has 1 amide bonds. The van der Waals surface area contributed by atoms with Crippen molar-refractivity contribution in [2.24, 2.45) is 5.92 Å². The summed E-state index contributed by atoms with van der Waals surface area (Å²) in [6.07, 6.45) is 0.637. The van der Waals surface area contributed by atoms with Crippen molar-refractivity contribution in [3.63, 3.8) is 0 Å². The molecule has 0 bridgehead atoms. The van der Waals surface area contributed by atoms with E-state index < -0.39 is 17.7 Å². The smallest absolute Gasteiger partial charge is 0.303 e. The summed E-state index contributed by atoms with van der Waals surface area (Å²) in [6, 6.07) is 2.20. The lowest BCUT2D eigenvalue weighted by Crippen LogP contribution is -2.29. The number of halogens is 3. The van der Waals surface area contributed by atoms with Gasteiger partial charge in [-0.2, -0.15) is 0 Å². The summed E-state index contributed by atoms with van der Waals surface area (Å²) in [4.78, 5) is 24.4. The van der Waals surface area contributed by atoms with Crippen molar-refractivity contribution >= 4 is 35.1 Å². The Hall–Kier alpha value is -1.33. The predicted molar refractivity (Wildman–Crippen MR) is 72.7 cm³/mol. The van der Waals surface area contributed by atoms with Crippen LogP contribution in [-0.4, -0.2) is 35.0 Å². The molecule has 4 nitrogen and oxygen atoms in total. The highest BCUT2D eigenvalue weighted by atomic mass is 35.5. The Morgan fingerprint density at radius 1 is 1.35 bits per heavy atom. The molecule has 1 unspecified atom stereocenters. The lowest BCUT2D eigenvalue weighted by Gasteiger charge is -2.17. The molecule has 1 atom stereocenters. The fourth-order valence-corrected chi connectivity index (χ4v) is 2.75. The number of amides is 1. The Morgan fingerprint density at radius 3 is 2.70 bits per heavy atom. The number of benzene rings is 1. The van der Waals surface area contributed by atoms with E-state index in [1.54, 1.807) is 0 Å². The Kier molecular flexibility index (Phi) is 4.50. The number of carbonyl (C=O) groups is 2. The normalized spacial score (nSPS) is 18.4. The van der Waals surface area contributed by atoms with E-state index in [1.165, 1.54) is 11.0 Å². The lowest BCUT2D eigenvalue weighted by atomic mass is 10.1. The maximum absolute atomic E-state index is 13.4. The molecule has 1 aromatic rings. The fourth-order valence-electron chi connectivity index (χ4n) is 2.29. The van der Waals surface area contributed by atoms with Crippen molar-refractivity contribution in [3.8, 4) is 0 Å². The second-order valence-electron chi connectivity index (χ2n) is 4.75. The maximum atomic E-state index is 13.4. The van der Waals surface area contributed by atoms with Crippen molar-refractivity contribution in [2.45, 2.75) is 12.8 Å². The van der Waals surface area contributed by atoms with Gasteiger partial charge in [-0.1, -0.05) is 23.2 Å². The number of rotatable bonds is 3. The zero-order valence-electron chi connectivity index (χ0n) is 10.4. The van der Waals surface area contributed by atoms with Gasteiger partial charge in [0.1, 0.15) is 5.82 Å². The van der Waals surface area contributed by atoms with Crippen LogP contribution in [0.2, 0.25) is 10.0 Å². The number of carboxylic acids is 1. The van der Waals surface area contributed by atoms with Crippen molar-refractivity contribution in [1.29, 1.82) is 0 Å². The number of hydrogen-bond acceptors (Lipinski definition) is 2. The monoisotopic (exact) mass is 319 g/mol. The summed E-state index contributed by atoms with van der Waals surface area (Å²) < 4.78 is 13.4. The summed E-state index contributed by atoms with van der Waals surface area (Å²) >= 11 is 11.5. The highest BCUT2D eigenvalue weighted by Crippen LogP contribution is 2.28. The summed E-state index contributed by atoms with van der Waals surface area (Å²) in [6.45, 7) is 0.781. The second-order valence-corrected chi connectivity index (χ2v) is 5.56. The highest BCUT2D eigenvalue weighted by Gasteiger charge is 2.29. The molecule has 0 spiro atoms. The number of carboxylic acid groups (broad SMARTS) is 1. The van der Waals surface area contributed by atoms with E-state index in [0.29, 0.717) is 19.5 Å². The molecule has 2 rings (SSSR count). The van der Waals surface area contributed by atoms with Gasteiger partial charge in [-0.15, -0.1) is 0 Å². The van der Waals surface area contributed by atoms with Crippen LogP contribution in [0.3, 0.4) is 0 Å². The number of nitrogens with zero attached hydrogens (tertiary/aromatic N) is 1. The fraction of sp³-hybridized carbons (Fsp3) is 0.385. The van der Waals surface area contributed by atoms with E-state index in [2.05, 4.69) is 0 Å². The van der Waals surface area contributed by atoms with Gasteiger partial charge < -0.3 is 10.0 Å². The first-order chi connectivity index (χ1) is 9.38. The van der Waals surface area contributed by atoms with Crippen LogP contribution >= 0.6 is 23.2 Å². The Balaban J connectivity index is 2.13. The zero-order chi connectivity index (χ0) is 14.9. The van der Waals surface area contributed by atoms with Crippen molar-refractivity contribution in [3.05, 3.63) is 33.6 Å². The summed E-state index contributed by atoms with van der Waals surface area (Å²) in [5.41, 5.74) is 0.0459. The summed E-state index contributed by atoms with van der Waals surface area (Å²) in [5.74, 6) is -2.08. The number of carbonyl (C=O) groups excluding carboxylic acids is 1. The van der Waals surface area contributed by atoms with Gasteiger partial charge >= 0.3 is 5.97 Å². The molecule has 1 heterocycles. The largest absolute Gasteiger partial charge is 0.481 e. The average molecular weight is 320 g/mol. The van der Waals surface area contributed by atoms with Gasteiger partial charge in [0.2, 0.25) is 0 Å². The predicted octanol–water partition coefficient (Wildman–Crippen LogP) is 3.07. The van der Waals surface area contributed by atoms with Gasteiger partial charge in [-0.3, -0.25) is 9.59 Å². The number of hydrogen-bond donors (Lipinski definition) is 1. The first-order valence-corrected chi connectivity index (χ1v) is 6.79. The average Bonchev–Trinajstić information content (AvgIpc) is 2.80. The molecule has 0 aromatic heterocycles. The van der Waals surface area contributed by atoms with Crippen LogP contribution in [0, 0.1) is 11.7 Å². The quantitative estimate of drug-likeness (QED) is 0.871. The van der Waals surface area contributed by atoms with E-state index in [0.717, 1.165) is 6.07 Å². The molecule has 1 aliphatic heterocycles. The van der Waals surface area contributed by atoms with Crippen LogP contribution in [-0.2, 0) is 4.79 Å². The molecule has 0 radical (unpaired) electrons. The van der Waals surface area contributed by atoms with Gasteiger partial charge in [0, 0.05) is 19.5 Å². The highest BCUT2D eigenvalue weighted by molar-refractivity contribution is 6.36. The van der Waals surface area contributed by atoms with E-state index in [-0.39, 0.29) is 27.9 Å². The van der Waals surface area contributed by atoms with E-state index in [1.807, 2.05) is 0 Å². The molecular formula is C13H12Cl2FNO3. The number of aliphatic carboxylic acids is 1. The standard InChI is InChI=1S/C13H12Cl2FNO3/c14-9-5-10(15)11(16)4-8(9)13(20)17-2-1-7(6-17)3-12(18)19/h4-5,7H,1-3,6H2,(H,18,19). The molecule has 20 heavy (non-hydrogen) atoms. The minimum absolute atomic E-state index is 0.0203. The maximum Gasteiger partial charge on any atom is 0.303 e. The third-order valence-electron chi connectivity index (χ3n) is 3.28. The van der Waals surface area contributed by atoms with Crippen LogP contribution in [0.4, 0.5) is 4.39 Å². The molecular weight excluding hydrogens is 308 g/mol. The summed E-state index contributed by atoms with van der Waals surface area (Å²) in [5, 5.41) is 8.68. The van der Waals surface area contributed by atoms with Crippen LogP contribution in [0.1, 0.15) is 23.2 Å². The van der Waals surface area contributed by atoms with Gasteiger partial charge in [-0.05, 0) is 24.5 Å². The van der Waals surface area contributed by atoms with Crippen LogP contribution in [0.15, 0.2) is 12.1 Å². The van der Waals surface area contributed by atoms with Crippen molar-refractivity contribution < 1.29 is 19.1 Å². The molecule has 0 aliphatic carbocycles. The molecule has 1 aliphatic rings. The Morgan fingerprint density at radius 2 is 2.05 bits per heavy atom. The van der Waals surface area contributed by atoms with Crippen molar-refractivity contribution in [1.82, 2.24) is 4.90 Å². The lowest BCUT2D eigenvalue weighted by molar-refractivity contribution is -0.138. The Labute approximate surface area is 125 Å². The van der Waals surface area contributed by atoms with Gasteiger partial charge in [0.15, 0.2) is 0 Å². The SMILES string of the molecule is O=C(O)CC1CCN(C(=O)c2cc(F)c(Cl)cc2Cl)C1. The van der Waals surface area contributed by atoms with Gasteiger partial charge in [0.05, 0.1) is 15.6 Å². The van der Waals surface area contributed by atoms with E-state index >= 15 is 0 Å². The molecule has 1 fully saturated rings.